The van der Waals surface area contributed by atoms with Gasteiger partial charge >= 0.3 is 5.97 Å². The molecule has 0 aliphatic carbocycles. The van der Waals surface area contributed by atoms with Crippen LogP contribution in [0.3, 0.4) is 0 Å². The molecule has 0 radical (unpaired) electrons. The number of carbonyl (C=O) groups is 3. The van der Waals surface area contributed by atoms with E-state index >= 15 is 0 Å². The summed E-state index contributed by atoms with van der Waals surface area (Å²) in [5, 5.41) is 11.0. The fraction of sp³-hybridized carbons (Fsp3) is 0.519. The van der Waals surface area contributed by atoms with E-state index in [0.29, 0.717) is 23.7 Å². The molecule has 1 spiro atoms. The Morgan fingerprint density at radius 3 is 2.50 bits per heavy atom. The molecule has 2 saturated heterocycles. The second kappa shape index (κ2) is 9.23. The highest BCUT2D eigenvalue weighted by Crippen LogP contribution is 2.65. The van der Waals surface area contributed by atoms with E-state index in [1.807, 2.05) is 45.1 Å². The minimum Gasteiger partial charge on any atom is -0.461 e. The summed E-state index contributed by atoms with van der Waals surface area (Å²) in [4.78, 5) is 45.2. The van der Waals surface area contributed by atoms with E-state index in [1.54, 1.807) is 34.1 Å². The molecule has 5 rings (SSSR count). The van der Waals surface area contributed by atoms with Crippen LogP contribution in [0.25, 0.3) is 0 Å². The number of fused-ring (bicyclic) bond motifs is 2. The topological polar surface area (TPSA) is 87.2 Å². The number of nitrogens with zero attached hydrogens (tertiary/aromatic N) is 2. The zero-order chi connectivity index (χ0) is 25.8. The highest BCUT2D eigenvalue weighted by molar-refractivity contribution is 8.02. The number of aliphatic hydroxyl groups excluding tert-OH is 1. The van der Waals surface area contributed by atoms with Crippen molar-refractivity contribution in [3.8, 4) is 0 Å². The van der Waals surface area contributed by atoms with Gasteiger partial charge in [-0.2, -0.15) is 0 Å². The molecule has 6 atom stereocenters. The fourth-order valence-corrected chi connectivity index (χ4v) is 8.63. The average molecular weight is 531 g/mol. The molecular weight excluding hydrogens is 500 g/mol. The van der Waals surface area contributed by atoms with Crippen LogP contribution in [0.4, 0.5) is 5.69 Å². The fourth-order valence-electron chi connectivity index (χ4n) is 6.36. The Bertz CT molecular complexity index is 1140. The summed E-state index contributed by atoms with van der Waals surface area (Å²) in [6, 6.07) is 5.61. The number of ether oxygens (including phenoxy) is 1. The molecule has 9 heteroatoms. The van der Waals surface area contributed by atoms with Crippen LogP contribution >= 0.6 is 23.4 Å². The van der Waals surface area contributed by atoms with E-state index in [2.05, 4.69) is 0 Å². The molecule has 1 aromatic carbocycles. The number of esters is 1. The average Bonchev–Trinajstić information content (AvgIpc) is 3.09. The minimum absolute atomic E-state index is 0.165. The van der Waals surface area contributed by atoms with Crippen molar-refractivity contribution in [1.82, 2.24) is 4.90 Å². The molecule has 1 aromatic rings. The predicted octanol–water partition coefficient (Wildman–Crippen LogP) is 3.45. The summed E-state index contributed by atoms with van der Waals surface area (Å²) in [7, 11) is 0. The molecule has 4 aliphatic rings. The molecule has 4 aliphatic heterocycles. The predicted molar refractivity (Wildman–Crippen MR) is 140 cm³/mol. The maximum Gasteiger partial charge on any atom is 0.311 e. The van der Waals surface area contributed by atoms with Gasteiger partial charge in [0.2, 0.25) is 5.91 Å². The van der Waals surface area contributed by atoms with Crippen LogP contribution in [-0.2, 0) is 19.1 Å². The van der Waals surface area contributed by atoms with Crippen molar-refractivity contribution in [3.05, 3.63) is 53.6 Å². The zero-order valence-corrected chi connectivity index (χ0v) is 22.2. The van der Waals surface area contributed by atoms with Crippen molar-refractivity contribution in [1.29, 1.82) is 0 Å². The highest BCUT2D eigenvalue weighted by atomic mass is 35.5. The summed E-state index contributed by atoms with van der Waals surface area (Å²) in [6.45, 7) is 6.22. The number of benzene rings is 1. The lowest BCUT2D eigenvalue weighted by molar-refractivity contribution is -0.153. The Morgan fingerprint density at radius 1 is 1.11 bits per heavy atom. The van der Waals surface area contributed by atoms with Gasteiger partial charge in [0, 0.05) is 22.0 Å². The molecule has 1 N–H and O–H groups in total. The van der Waals surface area contributed by atoms with Crippen LogP contribution in [0.15, 0.2) is 48.6 Å². The van der Waals surface area contributed by atoms with Gasteiger partial charge in [-0.1, -0.05) is 43.7 Å². The molecule has 2 fully saturated rings. The van der Waals surface area contributed by atoms with Gasteiger partial charge in [0.05, 0.1) is 29.2 Å². The number of halogens is 1. The summed E-state index contributed by atoms with van der Waals surface area (Å²) in [6.07, 6.45) is 8.19. The first-order valence-corrected chi connectivity index (χ1v) is 13.5. The molecule has 2 amide bonds. The Kier molecular flexibility index (Phi) is 6.50. The third kappa shape index (κ3) is 3.80. The Hall–Kier alpha value is -2.29. The lowest BCUT2D eigenvalue weighted by atomic mass is 9.75. The molecule has 192 valence electrons. The molecular formula is C27H31ClN2O5S. The number of anilines is 1. The van der Waals surface area contributed by atoms with Crippen molar-refractivity contribution in [2.24, 2.45) is 17.8 Å². The first-order chi connectivity index (χ1) is 17.1. The third-order valence-electron chi connectivity index (χ3n) is 7.74. The zero-order valence-electron chi connectivity index (χ0n) is 20.6. The van der Waals surface area contributed by atoms with Crippen LogP contribution in [0, 0.1) is 17.8 Å². The van der Waals surface area contributed by atoms with Gasteiger partial charge in [-0.05, 0) is 49.6 Å². The molecule has 0 aromatic heterocycles. The van der Waals surface area contributed by atoms with E-state index in [1.165, 1.54) is 11.8 Å². The number of likely N-dealkylation sites (tertiary alicyclic amines) is 1. The van der Waals surface area contributed by atoms with E-state index in [0.717, 1.165) is 0 Å². The van der Waals surface area contributed by atoms with Crippen LogP contribution < -0.4 is 4.90 Å². The number of rotatable bonds is 5. The second-order valence-corrected chi connectivity index (χ2v) is 12.8. The number of carbonyl (C=O) groups excluding carboxylic acids is 3. The van der Waals surface area contributed by atoms with Crippen LogP contribution in [0.5, 0.6) is 0 Å². The van der Waals surface area contributed by atoms with Gasteiger partial charge in [0.1, 0.15) is 12.6 Å². The molecule has 36 heavy (non-hydrogen) atoms. The Labute approximate surface area is 220 Å². The molecule has 4 heterocycles. The van der Waals surface area contributed by atoms with E-state index in [-0.39, 0.29) is 30.9 Å². The first kappa shape index (κ1) is 25.4. The maximum absolute atomic E-state index is 14.4. The standard InChI is InChI=1S/C27H31ClN2O5S/c1-16(2)14-19(15-31)30-22-24(33)29(18-8-6-17(28)7-9-18)12-4-11-27(22)20(23(30)32)21-25(34)35-13-5-10-26(21,3)36-27/h4-11,16,19-22,31H,12-15H2,1-3H3/t19-,20+,21+,22?,26-,27+/m1/s1. The van der Waals surface area contributed by atoms with Crippen molar-refractivity contribution in [3.63, 3.8) is 0 Å². The largest absolute Gasteiger partial charge is 0.461 e. The highest BCUT2D eigenvalue weighted by Gasteiger charge is 2.74. The number of hydrogen-bond donors (Lipinski definition) is 1. The van der Waals surface area contributed by atoms with Gasteiger partial charge in [-0.15, -0.1) is 11.8 Å². The smallest absolute Gasteiger partial charge is 0.311 e. The van der Waals surface area contributed by atoms with Crippen LogP contribution in [0.2, 0.25) is 5.02 Å². The van der Waals surface area contributed by atoms with Crippen molar-refractivity contribution in [2.45, 2.75) is 48.8 Å². The Morgan fingerprint density at radius 2 is 1.83 bits per heavy atom. The molecule has 0 saturated carbocycles. The van der Waals surface area contributed by atoms with E-state index in [4.69, 9.17) is 16.3 Å². The summed E-state index contributed by atoms with van der Waals surface area (Å²) in [5.74, 6) is -2.25. The monoisotopic (exact) mass is 530 g/mol. The lowest BCUT2D eigenvalue weighted by Gasteiger charge is -2.40. The number of hydrogen-bond acceptors (Lipinski definition) is 6. The normalized spacial score (nSPS) is 34.3. The van der Waals surface area contributed by atoms with Gasteiger partial charge in [0.15, 0.2) is 0 Å². The van der Waals surface area contributed by atoms with Gasteiger partial charge in [0.25, 0.3) is 5.91 Å². The summed E-state index contributed by atoms with van der Waals surface area (Å²) < 4.78 is 3.79. The minimum atomic E-state index is -0.972. The van der Waals surface area contributed by atoms with E-state index in [9.17, 15) is 19.5 Å². The van der Waals surface area contributed by atoms with Crippen LogP contribution in [0.1, 0.15) is 27.2 Å². The van der Waals surface area contributed by atoms with Gasteiger partial charge in [-0.25, -0.2) is 0 Å². The van der Waals surface area contributed by atoms with Gasteiger partial charge in [-0.3, -0.25) is 14.4 Å². The molecule has 0 bridgehead atoms. The first-order valence-electron chi connectivity index (χ1n) is 12.3. The molecule has 7 nitrogen and oxygen atoms in total. The van der Waals surface area contributed by atoms with Gasteiger partial charge < -0.3 is 19.6 Å². The number of cyclic esters (lactones) is 1. The van der Waals surface area contributed by atoms with Crippen molar-refractivity contribution < 1.29 is 24.2 Å². The maximum atomic E-state index is 14.4. The van der Waals surface area contributed by atoms with Crippen LogP contribution in [-0.4, -0.2) is 69.1 Å². The lowest BCUT2D eigenvalue weighted by Crippen LogP contribution is -2.57. The summed E-state index contributed by atoms with van der Waals surface area (Å²) in [5.41, 5.74) is 0.675. The molecule has 1 unspecified atom stereocenters. The number of amides is 2. The Balaban J connectivity index is 1.67. The number of thioether (sulfide) groups is 1. The second-order valence-electron chi connectivity index (χ2n) is 10.6. The van der Waals surface area contributed by atoms with Crippen molar-refractivity contribution >= 4 is 46.8 Å². The third-order valence-corrected chi connectivity index (χ3v) is 9.79. The SMILES string of the molecule is CC(C)C[C@H](CO)N1C(=O)[C@@H]2[C@H]3C(=O)OCC=C[C@@]3(C)S[C@@]23C=CCN(c2ccc(Cl)cc2)C(=O)C13. The van der Waals surface area contributed by atoms with Crippen molar-refractivity contribution in [2.75, 3.05) is 24.7 Å². The summed E-state index contributed by atoms with van der Waals surface area (Å²) >= 11 is 7.59. The number of aliphatic hydroxyl groups is 1. The quantitative estimate of drug-likeness (QED) is 0.463. The van der Waals surface area contributed by atoms with E-state index < -0.39 is 39.4 Å².